The Morgan fingerprint density at radius 2 is 2.05 bits per heavy atom. The fraction of sp³-hybridized carbons (Fsp3) is 0.333. The van der Waals surface area contributed by atoms with Gasteiger partial charge < -0.3 is 15.1 Å². The summed E-state index contributed by atoms with van der Waals surface area (Å²) in [6.07, 6.45) is -0.884. The Balaban J connectivity index is 1.81. The quantitative estimate of drug-likeness (QED) is 0.906. The number of carboxylic acid groups (broad SMARTS) is 1. The van der Waals surface area contributed by atoms with E-state index in [9.17, 15) is 14.7 Å². The minimum atomic E-state index is -0.950. The zero-order chi connectivity index (χ0) is 15.0. The van der Waals surface area contributed by atoms with Crippen molar-refractivity contribution >= 4 is 33.3 Å². The number of aliphatic hydroxyl groups is 1. The third kappa shape index (κ3) is 2.64. The molecule has 3 rings (SSSR count). The Morgan fingerprint density at radius 1 is 1.29 bits per heavy atom. The lowest BCUT2D eigenvalue weighted by Gasteiger charge is -2.15. The van der Waals surface area contributed by atoms with Gasteiger partial charge in [-0.25, -0.2) is 0 Å². The maximum atomic E-state index is 12.6. The van der Waals surface area contributed by atoms with E-state index in [1.54, 1.807) is 4.90 Å². The van der Waals surface area contributed by atoms with Crippen molar-refractivity contribution in [2.75, 3.05) is 13.1 Å². The molecule has 1 aromatic carbocycles. The molecule has 2 heterocycles. The summed E-state index contributed by atoms with van der Waals surface area (Å²) in [4.78, 5) is 24.9. The molecule has 2 aromatic rings. The monoisotopic (exact) mass is 305 g/mol. The third-order valence-electron chi connectivity index (χ3n) is 3.84. The van der Waals surface area contributed by atoms with E-state index < -0.39 is 18.0 Å². The van der Waals surface area contributed by atoms with Crippen molar-refractivity contribution in [3.05, 3.63) is 35.2 Å². The molecule has 1 aliphatic heterocycles. The molecule has 5 nitrogen and oxygen atoms in total. The van der Waals surface area contributed by atoms with E-state index in [2.05, 4.69) is 0 Å². The molecule has 0 aliphatic carbocycles. The molecule has 0 radical (unpaired) electrons. The van der Waals surface area contributed by atoms with Crippen molar-refractivity contribution in [2.24, 2.45) is 5.92 Å². The van der Waals surface area contributed by atoms with Gasteiger partial charge in [-0.05, 0) is 6.07 Å². The van der Waals surface area contributed by atoms with Crippen LogP contribution in [0.1, 0.15) is 16.8 Å². The lowest BCUT2D eigenvalue weighted by Crippen LogP contribution is -2.29. The van der Waals surface area contributed by atoms with Crippen LogP contribution < -0.4 is 0 Å². The second-order valence-electron chi connectivity index (χ2n) is 5.28. The number of hydrogen-bond donors (Lipinski definition) is 2. The number of fused-ring (bicyclic) bond motifs is 1. The van der Waals surface area contributed by atoms with Crippen LogP contribution in [0.15, 0.2) is 29.6 Å². The van der Waals surface area contributed by atoms with Crippen LogP contribution in [-0.4, -0.2) is 46.2 Å². The highest BCUT2D eigenvalue weighted by molar-refractivity contribution is 7.17. The number of carboxylic acids is 1. The van der Waals surface area contributed by atoms with Gasteiger partial charge in [0.2, 0.25) is 0 Å². The molecule has 0 saturated carbocycles. The van der Waals surface area contributed by atoms with Gasteiger partial charge in [0.25, 0.3) is 5.91 Å². The Hall–Kier alpha value is -1.92. The third-order valence-corrected chi connectivity index (χ3v) is 4.81. The molecule has 2 atom stereocenters. The molecular weight excluding hydrogens is 290 g/mol. The van der Waals surface area contributed by atoms with Gasteiger partial charge in [-0.2, -0.15) is 0 Å². The highest BCUT2D eigenvalue weighted by Crippen LogP contribution is 2.29. The number of hydrogen-bond acceptors (Lipinski definition) is 4. The molecule has 21 heavy (non-hydrogen) atoms. The van der Waals surface area contributed by atoms with Crippen molar-refractivity contribution in [1.82, 2.24) is 4.90 Å². The van der Waals surface area contributed by atoms with Gasteiger partial charge in [0.15, 0.2) is 0 Å². The molecule has 1 fully saturated rings. The largest absolute Gasteiger partial charge is 0.481 e. The minimum absolute atomic E-state index is 0.116. The Kier molecular flexibility index (Phi) is 3.65. The average Bonchev–Trinajstić information content (AvgIpc) is 3.02. The number of amides is 1. The number of carbonyl (C=O) groups excluding carboxylic acids is 1. The predicted octanol–water partition coefficient (Wildman–Crippen LogP) is 1.81. The molecule has 1 saturated heterocycles. The first-order chi connectivity index (χ1) is 10.1. The van der Waals surface area contributed by atoms with Gasteiger partial charge in [0.05, 0.1) is 18.1 Å². The van der Waals surface area contributed by atoms with Crippen LogP contribution in [0.3, 0.4) is 0 Å². The topological polar surface area (TPSA) is 77.8 Å². The molecule has 0 spiro atoms. The Labute approximate surface area is 125 Å². The second-order valence-corrected chi connectivity index (χ2v) is 6.19. The number of aliphatic hydroxyl groups excluding tert-OH is 1. The number of likely N-dealkylation sites (tertiary alicyclic amines) is 1. The second kappa shape index (κ2) is 5.46. The van der Waals surface area contributed by atoms with Gasteiger partial charge in [-0.1, -0.05) is 18.2 Å². The number of carbonyl (C=O) groups is 2. The van der Waals surface area contributed by atoms with Crippen LogP contribution in [-0.2, 0) is 4.79 Å². The number of β-amino-alcohol motifs (C(OH)–C–C–N with tert-alkyl or cyclic N) is 1. The van der Waals surface area contributed by atoms with Gasteiger partial charge in [-0.15, -0.1) is 11.3 Å². The first-order valence-electron chi connectivity index (χ1n) is 6.71. The van der Waals surface area contributed by atoms with Crippen molar-refractivity contribution in [3.8, 4) is 0 Å². The maximum Gasteiger partial charge on any atom is 0.303 e. The van der Waals surface area contributed by atoms with Gasteiger partial charge in [0, 0.05) is 34.5 Å². The number of rotatable bonds is 3. The molecule has 1 aromatic heterocycles. The smallest absolute Gasteiger partial charge is 0.303 e. The van der Waals surface area contributed by atoms with Gasteiger partial charge in [-0.3, -0.25) is 9.59 Å². The Bertz CT molecular complexity index is 696. The van der Waals surface area contributed by atoms with E-state index in [4.69, 9.17) is 5.11 Å². The first kappa shape index (κ1) is 14.0. The van der Waals surface area contributed by atoms with Crippen LogP contribution in [0.2, 0.25) is 0 Å². The molecule has 0 bridgehead atoms. The maximum absolute atomic E-state index is 12.6. The molecular formula is C15H15NO4S. The number of aliphatic carboxylic acids is 1. The van der Waals surface area contributed by atoms with Crippen molar-refractivity contribution < 1.29 is 19.8 Å². The van der Waals surface area contributed by atoms with Crippen LogP contribution in [0, 0.1) is 5.92 Å². The molecule has 0 unspecified atom stereocenters. The zero-order valence-electron chi connectivity index (χ0n) is 11.2. The summed E-state index contributed by atoms with van der Waals surface area (Å²) in [6.45, 7) is 0.484. The number of nitrogens with zero attached hydrogens (tertiary/aromatic N) is 1. The van der Waals surface area contributed by atoms with E-state index in [0.29, 0.717) is 5.56 Å². The summed E-state index contributed by atoms with van der Waals surface area (Å²) in [5.41, 5.74) is 0.624. The van der Waals surface area contributed by atoms with Crippen molar-refractivity contribution in [3.63, 3.8) is 0 Å². The van der Waals surface area contributed by atoms with Gasteiger partial charge in [0.1, 0.15) is 0 Å². The molecule has 6 heteroatoms. The van der Waals surface area contributed by atoms with Crippen LogP contribution in [0.5, 0.6) is 0 Å². The SMILES string of the molecule is O=C(O)C[C@@H]1CN(C(=O)c2csc3ccccc23)C[C@H]1O. The van der Waals surface area contributed by atoms with Crippen molar-refractivity contribution in [1.29, 1.82) is 0 Å². The lowest BCUT2D eigenvalue weighted by molar-refractivity contribution is -0.138. The summed E-state index contributed by atoms with van der Waals surface area (Å²) in [6, 6.07) is 7.68. The molecule has 1 aliphatic rings. The predicted molar refractivity (Wildman–Crippen MR) is 79.5 cm³/mol. The average molecular weight is 305 g/mol. The van der Waals surface area contributed by atoms with E-state index in [0.717, 1.165) is 10.1 Å². The summed E-state index contributed by atoms with van der Waals surface area (Å²) < 4.78 is 1.04. The van der Waals surface area contributed by atoms with E-state index >= 15 is 0 Å². The number of thiophene rings is 1. The standard InChI is InChI=1S/C15H15NO4S/c17-12-7-16(6-9(12)5-14(18)19)15(20)11-8-21-13-4-2-1-3-10(11)13/h1-4,8-9,12,17H,5-7H2,(H,18,19)/t9-,12-/m1/s1. The summed E-state index contributed by atoms with van der Waals surface area (Å²) in [7, 11) is 0. The van der Waals surface area contributed by atoms with Crippen LogP contribution >= 0.6 is 11.3 Å². The van der Waals surface area contributed by atoms with Crippen LogP contribution in [0.25, 0.3) is 10.1 Å². The Morgan fingerprint density at radius 3 is 2.81 bits per heavy atom. The fourth-order valence-corrected chi connectivity index (χ4v) is 3.69. The molecule has 2 N–H and O–H groups in total. The van der Waals surface area contributed by atoms with Crippen molar-refractivity contribution in [2.45, 2.75) is 12.5 Å². The summed E-state index contributed by atoms with van der Waals surface area (Å²) in [5, 5.41) is 21.5. The van der Waals surface area contributed by atoms with E-state index in [1.165, 1.54) is 11.3 Å². The highest BCUT2D eigenvalue weighted by atomic mass is 32.1. The zero-order valence-corrected chi connectivity index (χ0v) is 12.0. The van der Waals surface area contributed by atoms with E-state index in [-0.39, 0.29) is 25.4 Å². The first-order valence-corrected chi connectivity index (χ1v) is 7.59. The summed E-state index contributed by atoms with van der Waals surface area (Å²) >= 11 is 1.51. The lowest BCUT2D eigenvalue weighted by atomic mass is 10.0. The molecule has 1 amide bonds. The number of benzene rings is 1. The normalized spacial score (nSPS) is 21.9. The fourth-order valence-electron chi connectivity index (χ4n) is 2.76. The molecule has 110 valence electrons. The summed E-state index contributed by atoms with van der Waals surface area (Å²) in [5.74, 6) is -1.48. The van der Waals surface area contributed by atoms with Gasteiger partial charge >= 0.3 is 5.97 Å². The minimum Gasteiger partial charge on any atom is -0.481 e. The highest BCUT2D eigenvalue weighted by Gasteiger charge is 2.36. The van der Waals surface area contributed by atoms with Crippen LogP contribution in [0.4, 0.5) is 0 Å². The van der Waals surface area contributed by atoms with E-state index in [1.807, 2.05) is 29.6 Å².